The largest absolute Gasteiger partial charge is 0.310 e. The molecule has 1 saturated heterocycles. The molecule has 1 aromatic carbocycles. The second kappa shape index (κ2) is 3.37. The maximum absolute atomic E-state index is 11.3. The molecule has 1 heterocycles. The summed E-state index contributed by atoms with van der Waals surface area (Å²) in [6, 6.07) is 7.50. The van der Waals surface area contributed by atoms with Gasteiger partial charge in [-0.1, -0.05) is 12.1 Å². The maximum atomic E-state index is 11.3. The minimum absolute atomic E-state index is 0.344. The van der Waals surface area contributed by atoms with Gasteiger partial charge in [0.05, 0.1) is 4.90 Å². The molecule has 1 aromatic rings. The molecule has 1 aliphatic rings. The Hall–Kier alpha value is -0.870. The van der Waals surface area contributed by atoms with Crippen LogP contribution >= 0.6 is 0 Å². The standard InChI is InChI=1S/C10H13NO2S/c1-14(12,13)9-4-2-3-8(7-9)10-5-6-11-10/h2-4,7,10-11H,5-6H2,1H3. The van der Waals surface area contributed by atoms with E-state index in [0.29, 0.717) is 10.9 Å². The summed E-state index contributed by atoms with van der Waals surface area (Å²) in [6.07, 6.45) is 2.33. The predicted molar refractivity (Wildman–Crippen MR) is 54.9 cm³/mol. The molecule has 1 aliphatic heterocycles. The van der Waals surface area contributed by atoms with E-state index in [1.807, 2.05) is 6.07 Å². The Kier molecular flexibility index (Phi) is 2.33. The molecular formula is C10H13NO2S. The second-order valence-corrected chi connectivity index (χ2v) is 5.66. The highest BCUT2D eigenvalue weighted by Gasteiger charge is 2.19. The van der Waals surface area contributed by atoms with Crippen molar-refractivity contribution in [3.63, 3.8) is 0 Å². The number of rotatable bonds is 2. The number of benzene rings is 1. The van der Waals surface area contributed by atoms with Crippen molar-refractivity contribution in [1.29, 1.82) is 0 Å². The maximum Gasteiger partial charge on any atom is 0.175 e. The minimum Gasteiger partial charge on any atom is -0.310 e. The van der Waals surface area contributed by atoms with Crippen LogP contribution in [0.2, 0.25) is 0 Å². The van der Waals surface area contributed by atoms with E-state index in [2.05, 4.69) is 5.32 Å². The van der Waals surface area contributed by atoms with Crippen LogP contribution in [-0.2, 0) is 9.84 Å². The molecule has 0 spiro atoms. The molecule has 1 atom stereocenters. The van der Waals surface area contributed by atoms with Crippen LogP contribution in [0.1, 0.15) is 18.0 Å². The Balaban J connectivity index is 2.36. The van der Waals surface area contributed by atoms with Gasteiger partial charge in [-0.15, -0.1) is 0 Å². The molecule has 0 radical (unpaired) electrons. The van der Waals surface area contributed by atoms with E-state index in [0.717, 1.165) is 18.5 Å². The third-order valence-corrected chi connectivity index (χ3v) is 3.62. The fourth-order valence-electron chi connectivity index (χ4n) is 1.54. The van der Waals surface area contributed by atoms with Gasteiger partial charge in [0, 0.05) is 12.3 Å². The zero-order valence-corrected chi connectivity index (χ0v) is 8.84. The van der Waals surface area contributed by atoms with Crippen molar-refractivity contribution in [1.82, 2.24) is 5.32 Å². The van der Waals surface area contributed by atoms with Gasteiger partial charge in [0.15, 0.2) is 9.84 Å². The first-order valence-corrected chi connectivity index (χ1v) is 6.50. The van der Waals surface area contributed by atoms with Gasteiger partial charge in [-0.2, -0.15) is 0 Å². The second-order valence-electron chi connectivity index (χ2n) is 3.64. The highest BCUT2D eigenvalue weighted by atomic mass is 32.2. The van der Waals surface area contributed by atoms with Crippen LogP contribution < -0.4 is 5.32 Å². The molecule has 1 unspecified atom stereocenters. The van der Waals surface area contributed by atoms with E-state index in [4.69, 9.17) is 0 Å². The van der Waals surface area contributed by atoms with Crippen LogP contribution in [0.3, 0.4) is 0 Å². The fourth-order valence-corrected chi connectivity index (χ4v) is 2.21. The van der Waals surface area contributed by atoms with Gasteiger partial charge in [0.25, 0.3) is 0 Å². The van der Waals surface area contributed by atoms with Crippen molar-refractivity contribution < 1.29 is 8.42 Å². The minimum atomic E-state index is -3.07. The van der Waals surface area contributed by atoms with E-state index in [9.17, 15) is 8.42 Å². The molecular weight excluding hydrogens is 198 g/mol. The summed E-state index contributed by atoms with van der Waals surface area (Å²) >= 11 is 0. The van der Waals surface area contributed by atoms with Crippen LogP contribution in [0.25, 0.3) is 0 Å². The van der Waals surface area contributed by atoms with Crippen LogP contribution in [0.5, 0.6) is 0 Å². The number of hydrogen-bond acceptors (Lipinski definition) is 3. The van der Waals surface area contributed by atoms with Crippen LogP contribution in [0.4, 0.5) is 0 Å². The molecule has 4 heteroatoms. The van der Waals surface area contributed by atoms with Gasteiger partial charge >= 0.3 is 0 Å². The van der Waals surface area contributed by atoms with Crippen molar-refractivity contribution in [2.24, 2.45) is 0 Å². The lowest BCUT2D eigenvalue weighted by Crippen LogP contribution is -2.34. The first-order chi connectivity index (χ1) is 6.57. The predicted octanol–water partition coefficient (Wildman–Crippen LogP) is 1.12. The SMILES string of the molecule is CS(=O)(=O)c1cccc(C2CCN2)c1. The zero-order valence-electron chi connectivity index (χ0n) is 8.03. The number of hydrogen-bond donors (Lipinski definition) is 1. The average Bonchev–Trinajstić information content (AvgIpc) is 2.00. The fraction of sp³-hybridized carbons (Fsp3) is 0.400. The van der Waals surface area contributed by atoms with Gasteiger partial charge in [0.1, 0.15) is 0 Å². The molecule has 0 amide bonds. The Morgan fingerprint density at radius 2 is 2.14 bits per heavy atom. The third kappa shape index (κ3) is 1.81. The van der Waals surface area contributed by atoms with Gasteiger partial charge in [-0.3, -0.25) is 0 Å². The molecule has 0 saturated carbocycles. The normalized spacial score (nSPS) is 21.6. The van der Waals surface area contributed by atoms with Gasteiger partial charge in [0.2, 0.25) is 0 Å². The molecule has 0 bridgehead atoms. The molecule has 2 rings (SSSR count). The van der Waals surface area contributed by atoms with Crippen molar-refractivity contribution in [2.45, 2.75) is 17.4 Å². The van der Waals surface area contributed by atoms with E-state index in [-0.39, 0.29) is 0 Å². The van der Waals surface area contributed by atoms with Crippen LogP contribution in [0, 0.1) is 0 Å². The van der Waals surface area contributed by atoms with Gasteiger partial charge < -0.3 is 5.32 Å². The van der Waals surface area contributed by atoms with E-state index < -0.39 is 9.84 Å². The summed E-state index contributed by atoms with van der Waals surface area (Å²) in [4.78, 5) is 0.406. The Labute approximate surface area is 84.1 Å². The first kappa shape index (κ1) is 9.68. The molecule has 1 N–H and O–H groups in total. The van der Waals surface area contributed by atoms with Crippen molar-refractivity contribution in [3.05, 3.63) is 29.8 Å². The molecule has 0 aromatic heterocycles. The summed E-state index contributed by atoms with van der Waals surface area (Å²) in [7, 11) is -3.07. The molecule has 3 nitrogen and oxygen atoms in total. The van der Waals surface area contributed by atoms with Crippen LogP contribution in [-0.4, -0.2) is 21.2 Å². The number of nitrogens with one attached hydrogen (secondary N) is 1. The van der Waals surface area contributed by atoms with E-state index >= 15 is 0 Å². The number of sulfone groups is 1. The van der Waals surface area contributed by atoms with Gasteiger partial charge in [-0.05, 0) is 30.7 Å². The van der Waals surface area contributed by atoms with E-state index in [1.54, 1.807) is 18.2 Å². The molecule has 1 fully saturated rings. The Morgan fingerprint density at radius 3 is 2.64 bits per heavy atom. The molecule has 0 aliphatic carbocycles. The average molecular weight is 211 g/mol. The van der Waals surface area contributed by atoms with Crippen molar-refractivity contribution >= 4 is 9.84 Å². The lowest BCUT2D eigenvalue weighted by Gasteiger charge is -2.28. The molecule has 14 heavy (non-hydrogen) atoms. The summed E-state index contributed by atoms with van der Waals surface area (Å²) in [5, 5.41) is 3.25. The summed E-state index contributed by atoms with van der Waals surface area (Å²) in [6.45, 7) is 1.02. The van der Waals surface area contributed by atoms with E-state index in [1.165, 1.54) is 6.26 Å². The Morgan fingerprint density at radius 1 is 1.43 bits per heavy atom. The first-order valence-electron chi connectivity index (χ1n) is 4.61. The highest BCUT2D eigenvalue weighted by Crippen LogP contribution is 2.24. The quantitative estimate of drug-likeness (QED) is 0.797. The highest BCUT2D eigenvalue weighted by molar-refractivity contribution is 7.90. The van der Waals surface area contributed by atoms with Gasteiger partial charge in [-0.25, -0.2) is 8.42 Å². The van der Waals surface area contributed by atoms with Crippen molar-refractivity contribution in [3.8, 4) is 0 Å². The Bertz CT molecular complexity index is 435. The lowest BCUT2D eigenvalue weighted by atomic mass is 9.98. The summed E-state index contributed by atoms with van der Waals surface area (Å²) < 4.78 is 22.6. The molecule has 76 valence electrons. The monoisotopic (exact) mass is 211 g/mol. The summed E-state index contributed by atoms with van der Waals surface area (Å²) in [5.74, 6) is 0. The zero-order chi connectivity index (χ0) is 10.2. The van der Waals surface area contributed by atoms with Crippen molar-refractivity contribution in [2.75, 3.05) is 12.8 Å². The topological polar surface area (TPSA) is 46.2 Å². The van der Waals surface area contributed by atoms with Crippen LogP contribution in [0.15, 0.2) is 29.2 Å². The smallest absolute Gasteiger partial charge is 0.175 e. The lowest BCUT2D eigenvalue weighted by molar-refractivity contribution is 0.383. The summed E-state index contributed by atoms with van der Waals surface area (Å²) in [5.41, 5.74) is 1.07. The third-order valence-electron chi connectivity index (χ3n) is 2.51.